The zero-order chi connectivity index (χ0) is 12.7. The van der Waals surface area contributed by atoms with Gasteiger partial charge in [-0.25, -0.2) is 0 Å². The molecule has 17 heavy (non-hydrogen) atoms. The zero-order valence-electron chi connectivity index (χ0n) is 11.5. The molecule has 0 aliphatic carbocycles. The largest absolute Gasteiger partial charge is 0.317 e. The molecule has 0 saturated heterocycles. The number of nitrogens with one attached hydrogen (secondary N) is 1. The van der Waals surface area contributed by atoms with Crippen molar-refractivity contribution in [2.75, 3.05) is 12.8 Å². The van der Waals surface area contributed by atoms with Gasteiger partial charge in [0.1, 0.15) is 0 Å². The van der Waals surface area contributed by atoms with Crippen LogP contribution in [-0.4, -0.2) is 18.8 Å². The van der Waals surface area contributed by atoms with E-state index < -0.39 is 0 Å². The highest BCUT2D eigenvalue weighted by Gasteiger charge is 2.03. The molecule has 1 unspecified atom stereocenters. The molecule has 0 saturated carbocycles. The lowest BCUT2D eigenvalue weighted by Gasteiger charge is -2.13. The van der Waals surface area contributed by atoms with Crippen LogP contribution in [0.15, 0.2) is 23.1 Å². The molecule has 0 heterocycles. The number of rotatable bonds is 7. The Kier molecular flexibility index (Phi) is 6.68. The molecule has 1 N–H and O–H groups in total. The highest BCUT2D eigenvalue weighted by atomic mass is 32.2. The molecule has 1 aromatic rings. The maximum absolute atomic E-state index is 3.36. The third-order valence-electron chi connectivity index (χ3n) is 3.19. The molecule has 1 rings (SSSR count). The first kappa shape index (κ1) is 14.6. The average molecular weight is 251 g/mol. The molecule has 1 aromatic carbocycles. The molecular formula is C15H25NS. The van der Waals surface area contributed by atoms with Gasteiger partial charge in [0.2, 0.25) is 0 Å². The van der Waals surface area contributed by atoms with E-state index in [-0.39, 0.29) is 0 Å². The molecule has 0 spiro atoms. The summed E-state index contributed by atoms with van der Waals surface area (Å²) in [7, 11) is 2.06. The van der Waals surface area contributed by atoms with E-state index in [9.17, 15) is 0 Å². The molecule has 0 aliphatic heterocycles. The summed E-state index contributed by atoms with van der Waals surface area (Å²) in [5.41, 5.74) is 2.77. The highest BCUT2D eigenvalue weighted by molar-refractivity contribution is 7.99. The summed E-state index contributed by atoms with van der Waals surface area (Å²) in [5, 5.41) is 3.36. The lowest BCUT2D eigenvalue weighted by Crippen LogP contribution is -2.23. The van der Waals surface area contributed by atoms with Crippen molar-refractivity contribution < 1.29 is 0 Å². The highest BCUT2D eigenvalue weighted by Crippen LogP contribution is 2.24. The molecule has 1 nitrogen and oxygen atoms in total. The van der Waals surface area contributed by atoms with Gasteiger partial charge in [0, 0.05) is 10.9 Å². The lowest BCUT2D eigenvalue weighted by atomic mass is 10.1. The van der Waals surface area contributed by atoms with Crippen molar-refractivity contribution in [2.45, 2.75) is 51.0 Å². The van der Waals surface area contributed by atoms with Crippen molar-refractivity contribution in [1.29, 1.82) is 0 Å². The summed E-state index contributed by atoms with van der Waals surface area (Å²) in [6, 6.07) is 7.42. The SMILES string of the molecule is CCC(CCCSc1ccc(C)cc1C)NC. The molecule has 1 atom stereocenters. The Morgan fingerprint density at radius 3 is 2.65 bits per heavy atom. The minimum Gasteiger partial charge on any atom is -0.317 e. The monoisotopic (exact) mass is 251 g/mol. The van der Waals surface area contributed by atoms with Crippen molar-refractivity contribution in [3.05, 3.63) is 29.3 Å². The van der Waals surface area contributed by atoms with E-state index in [1.54, 1.807) is 0 Å². The molecule has 2 heteroatoms. The van der Waals surface area contributed by atoms with Crippen molar-refractivity contribution in [3.63, 3.8) is 0 Å². The third kappa shape index (κ3) is 5.13. The van der Waals surface area contributed by atoms with Gasteiger partial charge in [0.25, 0.3) is 0 Å². The van der Waals surface area contributed by atoms with E-state index in [1.807, 2.05) is 11.8 Å². The number of benzene rings is 1. The maximum Gasteiger partial charge on any atom is 0.0101 e. The minimum atomic E-state index is 0.690. The number of aryl methyl sites for hydroxylation is 2. The predicted molar refractivity (Wildman–Crippen MR) is 79.0 cm³/mol. The van der Waals surface area contributed by atoms with E-state index in [0.29, 0.717) is 6.04 Å². The maximum atomic E-state index is 3.36. The van der Waals surface area contributed by atoms with Crippen molar-refractivity contribution in [3.8, 4) is 0 Å². The molecule has 0 bridgehead atoms. The van der Waals surface area contributed by atoms with Crippen molar-refractivity contribution in [1.82, 2.24) is 5.32 Å². The van der Waals surface area contributed by atoms with Crippen LogP contribution in [0, 0.1) is 13.8 Å². The summed E-state index contributed by atoms with van der Waals surface area (Å²) in [4.78, 5) is 1.44. The fourth-order valence-corrected chi connectivity index (χ4v) is 3.01. The molecule has 0 fully saturated rings. The topological polar surface area (TPSA) is 12.0 Å². The third-order valence-corrected chi connectivity index (χ3v) is 4.45. The van der Waals surface area contributed by atoms with Gasteiger partial charge in [-0.15, -0.1) is 11.8 Å². The minimum absolute atomic E-state index is 0.690. The second-order valence-corrected chi connectivity index (χ2v) is 5.79. The van der Waals surface area contributed by atoms with Crippen LogP contribution in [0.3, 0.4) is 0 Å². The summed E-state index contributed by atoms with van der Waals surface area (Å²) in [6.07, 6.45) is 3.80. The van der Waals surface area contributed by atoms with Crippen LogP contribution >= 0.6 is 11.8 Å². The van der Waals surface area contributed by atoms with Gasteiger partial charge in [-0.05, 0) is 57.5 Å². The van der Waals surface area contributed by atoms with E-state index in [0.717, 1.165) is 0 Å². The first-order chi connectivity index (χ1) is 8.17. The van der Waals surface area contributed by atoms with Gasteiger partial charge in [-0.2, -0.15) is 0 Å². The quantitative estimate of drug-likeness (QED) is 0.576. The Hall–Kier alpha value is -0.470. The van der Waals surface area contributed by atoms with Gasteiger partial charge in [-0.3, -0.25) is 0 Å². The molecule has 96 valence electrons. The van der Waals surface area contributed by atoms with Gasteiger partial charge < -0.3 is 5.32 Å². The van der Waals surface area contributed by atoms with Gasteiger partial charge >= 0.3 is 0 Å². The summed E-state index contributed by atoms with van der Waals surface area (Å²) >= 11 is 1.99. The second-order valence-electron chi connectivity index (χ2n) is 4.65. The summed E-state index contributed by atoms with van der Waals surface area (Å²) in [5.74, 6) is 1.22. The fraction of sp³-hybridized carbons (Fsp3) is 0.600. The first-order valence-electron chi connectivity index (χ1n) is 6.54. The Labute approximate surface area is 110 Å². The van der Waals surface area contributed by atoms with Crippen LogP contribution in [0.4, 0.5) is 0 Å². The number of thioether (sulfide) groups is 1. The molecule has 0 aliphatic rings. The van der Waals surface area contributed by atoms with Crippen LogP contribution in [-0.2, 0) is 0 Å². The lowest BCUT2D eigenvalue weighted by molar-refractivity contribution is 0.504. The molecule has 0 aromatic heterocycles. The van der Waals surface area contributed by atoms with Crippen LogP contribution in [0.5, 0.6) is 0 Å². The fourth-order valence-electron chi connectivity index (χ4n) is 2.03. The van der Waals surface area contributed by atoms with E-state index in [2.05, 4.69) is 51.3 Å². The van der Waals surface area contributed by atoms with Crippen LogP contribution in [0.2, 0.25) is 0 Å². The van der Waals surface area contributed by atoms with Gasteiger partial charge in [-0.1, -0.05) is 24.6 Å². The van der Waals surface area contributed by atoms with Crippen molar-refractivity contribution >= 4 is 11.8 Å². The average Bonchev–Trinajstić information content (AvgIpc) is 2.32. The number of hydrogen-bond donors (Lipinski definition) is 1. The van der Waals surface area contributed by atoms with Gasteiger partial charge in [0.05, 0.1) is 0 Å². The van der Waals surface area contributed by atoms with E-state index >= 15 is 0 Å². The normalized spacial score (nSPS) is 12.7. The van der Waals surface area contributed by atoms with E-state index in [4.69, 9.17) is 0 Å². The molecule has 0 amide bonds. The number of hydrogen-bond acceptors (Lipinski definition) is 2. The Balaban J connectivity index is 2.31. The van der Waals surface area contributed by atoms with Gasteiger partial charge in [0.15, 0.2) is 0 Å². The van der Waals surface area contributed by atoms with E-state index in [1.165, 1.54) is 41.0 Å². The zero-order valence-corrected chi connectivity index (χ0v) is 12.4. The predicted octanol–water partition coefficient (Wildman–Crippen LogP) is 4.17. The second kappa shape index (κ2) is 7.78. The summed E-state index contributed by atoms with van der Waals surface area (Å²) < 4.78 is 0. The van der Waals surface area contributed by atoms with Crippen molar-refractivity contribution in [2.24, 2.45) is 0 Å². The molecule has 0 radical (unpaired) electrons. The smallest absolute Gasteiger partial charge is 0.0101 e. The summed E-state index contributed by atoms with van der Waals surface area (Å²) in [6.45, 7) is 6.61. The standard InChI is InChI=1S/C15H25NS/c1-5-14(16-4)7-6-10-17-15-9-8-12(2)11-13(15)3/h8-9,11,14,16H,5-7,10H2,1-4H3. The Morgan fingerprint density at radius 2 is 2.06 bits per heavy atom. The molecular weight excluding hydrogens is 226 g/mol. The van der Waals surface area contributed by atoms with Crippen LogP contribution in [0.25, 0.3) is 0 Å². The Morgan fingerprint density at radius 1 is 1.29 bits per heavy atom. The van der Waals surface area contributed by atoms with Crippen LogP contribution in [0.1, 0.15) is 37.3 Å². The first-order valence-corrected chi connectivity index (χ1v) is 7.53. The Bertz CT molecular complexity index is 332. The van der Waals surface area contributed by atoms with Crippen LogP contribution < -0.4 is 5.32 Å².